The summed E-state index contributed by atoms with van der Waals surface area (Å²) in [6.07, 6.45) is -0.0481. The number of ether oxygens (including phenoxy) is 1. The molecule has 0 bridgehead atoms. The monoisotopic (exact) mass is 423 g/mol. The van der Waals surface area contributed by atoms with E-state index in [9.17, 15) is 18.0 Å². The van der Waals surface area contributed by atoms with Crippen molar-refractivity contribution in [3.8, 4) is 5.75 Å². The summed E-state index contributed by atoms with van der Waals surface area (Å²) in [6, 6.07) is 2.94. The van der Waals surface area contributed by atoms with Crippen LogP contribution in [0.15, 0.2) is 30.7 Å². The first-order valence-electron chi connectivity index (χ1n) is 9.08. The number of hydrogen-bond donors (Lipinski definition) is 2. The number of rotatable bonds is 7. The average Bonchev–Trinajstić information content (AvgIpc) is 3.14. The van der Waals surface area contributed by atoms with E-state index >= 15 is 0 Å². The maximum absolute atomic E-state index is 12.4. The zero-order valence-electron chi connectivity index (χ0n) is 16.3. The van der Waals surface area contributed by atoms with E-state index in [0.717, 1.165) is 0 Å². The molecule has 8 nitrogen and oxygen atoms in total. The predicted molar refractivity (Wildman–Crippen MR) is 101 cm³/mol. The summed E-state index contributed by atoms with van der Waals surface area (Å²) in [5, 5.41) is 16.4. The van der Waals surface area contributed by atoms with Crippen molar-refractivity contribution in [2.45, 2.75) is 26.1 Å². The van der Waals surface area contributed by atoms with Crippen LogP contribution in [0.2, 0.25) is 0 Å². The van der Waals surface area contributed by atoms with E-state index in [1.807, 2.05) is 6.92 Å². The van der Waals surface area contributed by atoms with Gasteiger partial charge in [0, 0.05) is 18.9 Å². The lowest BCUT2D eigenvalue weighted by atomic mass is 10.1. The molecule has 1 unspecified atom stereocenters. The molecule has 3 heterocycles. The average molecular weight is 423 g/mol. The fourth-order valence-electron chi connectivity index (χ4n) is 2.84. The number of fused-ring (bicyclic) bond motifs is 1. The Labute approximate surface area is 169 Å². The molecule has 2 N–H and O–H groups in total. The van der Waals surface area contributed by atoms with Gasteiger partial charge in [0.25, 0.3) is 5.91 Å². The van der Waals surface area contributed by atoms with Gasteiger partial charge in [-0.05, 0) is 31.5 Å². The molecular formula is C19H20F3N5O3. The van der Waals surface area contributed by atoms with Crippen LogP contribution in [0, 0.1) is 6.92 Å². The number of aliphatic hydroxyl groups excluding tert-OH is 1. The van der Waals surface area contributed by atoms with Crippen molar-refractivity contribution in [2.24, 2.45) is 0 Å². The molecule has 30 heavy (non-hydrogen) atoms. The third-order valence-corrected chi connectivity index (χ3v) is 4.36. The van der Waals surface area contributed by atoms with Crippen molar-refractivity contribution in [2.75, 3.05) is 19.8 Å². The van der Waals surface area contributed by atoms with Crippen molar-refractivity contribution in [3.63, 3.8) is 0 Å². The van der Waals surface area contributed by atoms with Crippen LogP contribution in [0.3, 0.4) is 0 Å². The van der Waals surface area contributed by atoms with Crippen LogP contribution in [0.1, 0.15) is 34.7 Å². The zero-order chi connectivity index (χ0) is 21.9. The lowest BCUT2D eigenvalue weighted by molar-refractivity contribution is -0.153. The lowest BCUT2D eigenvalue weighted by Crippen LogP contribution is -2.27. The second-order valence-electron chi connectivity index (χ2n) is 6.64. The number of amides is 1. The molecule has 3 aromatic rings. The van der Waals surface area contributed by atoms with E-state index in [4.69, 9.17) is 9.84 Å². The molecule has 3 aromatic heterocycles. The Hall–Kier alpha value is -3.21. The van der Waals surface area contributed by atoms with Gasteiger partial charge in [0.2, 0.25) is 0 Å². The molecule has 0 radical (unpaired) electrons. The summed E-state index contributed by atoms with van der Waals surface area (Å²) < 4.78 is 43.5. The van der Waals surface area contributed by atoms with Gasteiger partial charge < -0.3 is 15.2 Å². The number of pyridine rings is 2. The number of aromatic nitrogens is 4. The van der Waals surface area contributed by atoms with Crippen LogP contribution in [0.4, 0.5) is 13.2 Å². The zero-order valence-corrected chi connectivity index (χ0v) is 16.3. The number of hydrogen-bond acceptors (Lipinski definition) is 6. The minimum absolute atomic E-state index is 0.0564. The molecular weight excluding hydrogens is 403 g/mol. The van der Waals surface area contributed by atoms with E-state index in [1.165, 1.54) is 12.4 Å². The number of alkyl halides is 3. The Kier molecular flexibility index (Phi) is 6.20. The molecule has 0 aliphatic heterocycles. The smallest absolute Gasteiger partial charge is 0.422 e. The molecule has 1 amide bonds. The SMILES string of the molecule is Cc1cc(C(C)n2cc3c(C(=O)NCCO)nccc3n2)ncc1OCC(F)(F)F. The molecule has 3 rings (SSSR count). The van der Waals surface area contributed by atoms with Crippen LogP contribution in [0.25, 0.3) is 10.9 Å². The molecule has 1 atom stereocenters. The van der Waals surface area contributed by atoms with Crippen LogP contribution < -0.4 is 10.1 Å². The largest absolute Gasteiger partial charge is 0.482 e. The third-order valence-electron chi connectivity index (χ3n) is 4.36. The van der Waals surface area contributed by atoms with Crippen LogP contribution >= 0.6 is 0 Å². The normalized spacial score (nSPS) is 12.7. The van der Waals surface area contributed by atoms with Gasteiger partial charge in [-0.25, -0.2) is 0 Å². The summed E-state index contributed by atoms with van der Waals surface area (Å²) in [5.74, 6) is -0.372. The van der Waals surface area contributed by atoms with Crippen molar-refractivity contribution < 1.29 is 27.8 Å². The topological polar surface area (TPSA) is 102 Å². The number of carbonyl (C=O) groups is 1. The summed E-state index contributed by atoms with van der Waals surface area (Å²) in [6.45, 7) is 1.99. The molecule has 0 fully saturated rings. The van der Waals surface area contributed by atoms with Crippen molar-refractivity contribution >= 4 is 16.8 Å². The maximum atomic E-state index is 12.4. The molecule has 11 heteroatoms. The maximum Gasteiger partial charge on any atom is 0.422 e. The van der Waals surface area contributed by atoms with Gasteiger partial charge >= 0.3 is 6.18 Å². The van der Waals surface area contributed by atoms with E-state index in [1.54, 1.807) is 29.9 Å². The second-order valence-corrected chi connectivity index (χ2v) is 6.64. The van der Waals surface area contributed by atoms with Gasteiger partial charge in [0.1, 0.15) is 11.4 Å². The molecule has 0 spiro atoms. The quantitative estimate of drug-likeness (QED) is 0.605. The highest BCUT2D eigenvalue weighted by Gasteiger charge is 2.29. The minimum atomic E-state index is -4.43. The Morgan fingerprint density at radius 1 is 1.37 bits per heavy atom. The van der Waals surface area contributed by atoms with Gasteiger partial charge in [0.05, 0.1) is 35.4 Å². The number of aliphatic hydroxyl groups is 1. The summed E-state index contributed by atoms with van der Waals surface area (Å²) in [5.41, 5.74) is 1.81. The number of aryl methyl sites for hydroxylation is 1. The fourth-order valence-corrected chi connectivity index (χ4v) is 2.84. The van der Waals surface area contributed by atoms with Gasteiger partial charge in [0.15, 0.2) is 6.61 Å². The van der Waals surface area contributed by atoms with Crippen LogP contribution in [-0.2, 0) is 0 Å². The van der Waals surface area contributed by atoms with Crippen molar-refractivity contribution in [1.29, 1.82) is 0 Å². The standard InChI is InChI=1S/C19H20F3N5O3/c1-11-7-15(25-8-16(11)30-10-19(20,21)22)12(2)27-9-13-14(26-27)3-4-23-17(13)18(29)24-5-6-28/h3-4,7-9,12,28H,5-6,10H2,1-2H3,(H,24,29). The van der Waals surface area contributed by atoms with E-state index in [-0.39, 0.29) is 30.6 Å². The minimum Gasteiger partial charge on any atom is -0.482 e. The fraction of sp³-hybridized carbons (Fsp3) is 0.368. The summed E-state index contributed by atoms with van der Waals surface area (Å²) in [7, 11) is 0. The Morgan fingerprint density at radius 3 is 2.80 bits per heavy atom. The second kappa shape index (κ2) is 8.66. The van der Waals surface area contributed by atoms with Crippen LogP contribution in [0.5, 0.6) is 5.75 Å². The van der Waals surface area contributed by atoms with Crippen LogP contribution in [-0.4, -0.2) is 56.7 Å². The van der Waals surface area contributed by atoms with Crippen molar-refractivity contribution in [3.05, 3.63) is 47.7 Å². The molecule has 160 valence electrons. The van der Waals surface area contributed by atoms with Gasteiger partial charge in [-0.1, -0.05) is 0 Å². The van der Waals surface area contributed by atoms with Gasteiger partial charge in [-0.15, -0.1) is 0 Å². The third kappa shape index (κ3) is 4.85. The number of nitrogens with one attached hydrogen (secondary N) is 1. The molecule has 0 aliphatic rings. The summed E-state index contributed by atoms with van der Waals surface area (Å²) >= 11 is 0. The van der Waals surface area contributed by atoms with E-state index in [2.05, 4.69) is 20.4 Å². The molecule has 0 aliphatic carbocycles. The highest BCUT2D eigenvalue weighted by molar-refractivity contribution is 6.04. The highest BCUT2D eigenvalue weighted by atomic mass is 19.4. The van der Waals surface area contributed by atoms with E-state index < -0.39 is 18.7 Å². The van der Waals surface area contributed by atoms with Gasteiger partial charge in [-0.3, -0.25) is 19.4 Å². The Balaban J connectivity index is 1.85. The molecule has 0 saturated heterocycles. The number of halogens is 3. The van der Waals surface area contributed by atoms with E-state index in [0.29, 0.717) is 22.2 Å². The highest BCUT2D eigenvalue weighted by Crippen LogP contribution is 2.26. The summed E-state index contributed by atoms with van der Waals surface area (Å²) in [4.78, 5) is 20.6. The first kappa shape index (κ1) is 21.5. The molecule has 0 saturated carbocycles. The predicted octanol–water partition coefficient (Wildman–Crippen LogP) is 2.41. The first-order valence-corrected chi connectivity index (χ1v) is 9.08. The number of nitrogens with zero attached hydrogens (tertiary/aromatic N) is 4. The lowest BCUT2D eigenvalue weighted by Gasteiger charge is -2.15. The number of carbonyl (C=O) groups excluding carboxylic acids is 1. The molecule has 0 aromatic carbocycles. The van der Waals surface area contributed by atoms with Gasteiger partial charge in [-0.2, -0.15) is 18.3 Å². The first-order chi connectivity index (χ1) is 14.2. The Morgan fingerprint density at radius 2 is 2.13 bits per heavy atom. The van der Waals surface area contributed by atoms with Crippen molar-refractivity contribution in [1.82, 2.24) is 25.1 Å². The Bertz CT molecular complexity index is 1050.